The first-order valence-electron chi connectivity index (χ1n) is 9.20. The largest absolute Gasteiger partial charge is 0.475 e. The molecule has 0 spiro atoms. The second kappa shape index (κ2) is 10.9. The molecule has 1 atom stereocenters. The summed E-state index contributed by atoms with van der Waals surface area (Å²) in [6.07, 6.45) is -0.520. The highest BCUT2D eigenvalue weighted by atomic mass is 79.9. The second-order valence-corrected chi connectivity index (χ2v) is 9.21. The lowest BCUT2D eigenvalue weighted by atomic mass is 10.2. The van der Waals surface area contributed by atoms with Gasteiger partial charge in [-0.05, 0) is 71.2 Å². The number of halogens is 2. The van der Waals surface area contributed by atoms with Gasteiger partial charge in [0.25, 0.3) is 0 Å². The van der Waals surface area contributed by atoms with Gasteiger partial charge in [0.2, 0.25) is 5.88 Å². The molecule has 0 radical (unpaired) electrons. The molecule has 2 rings (SSSR count). The molecule has 0 saturated heterocycles. The highest BCUT2D eigenvalue weighted by Gasteiger charge is 2.21. The lowest BCUT2D eigenvalue weighted by Crippen LogP contribution is -2.44. The lowest BCUT2D eigenvalue weighted by molar-refractivity contribution is 0.0379. The number of hydrogen-bond acceptors (Lipinski definition) is 5. The molecule has 29 heavy (non-hydrogen) atoms. The van der Waals surface area contributed by atoms with Crippen LogP contribution in [0.5, 0.6) is 5.88 Å². The summed E-state index contributed by atoms with van der Waals surface area (Å²) in [7, 11) is 0. The summed E-state index contributed by atoms with van der Waals surface area (Å²) in [4.78, 5) is 16.6. The number of pyridine rings is 1. The van der Waals surface area contributed by atoms with E-state index in [-0.39, 0.29) is 13.2 Å². The van der Waals surface area contributed by atoms with Gasteiger partial charge in [0.1, 0.15) is 12.2 Å². The molecule has 2 aromatic rings. The third-order valence-electron chi connectivity index (χ3n) is 3.65. The molecule has 8 heteroatoms. The van der Waals surface area contributed by atoms with Crippen LogP contribution < -0.4 is 10.1 Å². The number of carbonyl (C=O) groups excluding carboxylic acids is 1. The normalized spacial score (nSPS) is 12.3. The Balaban J connectivity index is 1.99. The van der Waals surface area contributed by atoms with E-state index in [1.807, 2.05) is 64.1 Å². The van der Waals surface area contributed by atoms with Crippen molar-refractivity contribution in [2.24, 2.45) is 0 Å². The molecule has 1 heterocycles. The minimum Gasteiger partial charge on any atom is -0.475 e. The van der Waals surface area contributed by atoms with Crippen molar-refractivity contribution in [1.29, 1.82) is 0 Å². The van der Waals surface area contributed by atoms with Gasteiger partial charge in [0.15, 0.2) is 0 Å². The molecule has 158 valence electrons. The molecule has 0 aliphatic rings. The molecule has 1 aromatic heterocycles. The van der Waals surface area contributed by atoms with Crippen molar-refractivity contribution in [1.82, 2.24) is 10.3 Å². The maximum absolute atomic E-state index is 12.2. The molecule has 0 aliphatic carbocycles. The molecule has 0 unspecified atom stereocenters. The van der Waals surface area contributed by atoms with Crippen molar-refractivity contribution < 1.29 is 19.0 Å². The Morgan fingerprint density at radius 3 is 2.48 bits per heavy atom. The van der Waals surface area contributed by atoms with E-state index in [4.69, 9.17) is 14.2 Å². The summed E-state index contributed by atoms with van der Waals surface area (Å²) >= 11 is 6.88. The van der Waals surface area contributed by atoms with E-state index in [0.717, 1.165) is 20.2 Å². The number of alkyl carbamates (subject to hydrolysis) is 1. The van der Waals surface area contributed by atoms with Crippen molar-refractivity contribution in [2.75, 3.05) is 13.2 Å². The Bertz CT molecular complexity index is 810. The number of carbonyl (C=O) groups is 1. The smallest absolute Gasteiger partial charge is 0.408 e. The fraction of sp³-hybridized carbons (Fsp3) is 0.429. The molecule has 0 aliphatic heterocycles. The maximum Gasteiger partial charge on any atom is 0.408 e. The Morgan fingerprint density at radius 1 is 1.14 bits per heavy atom. The molecule has 6 nitrogen and oxygen atoms in total. The van der Waals surface area contributed by atoms with Gasteiger partial charge in [-0.2, -0.15) is 0 Å². The molecule has 1 amide bonds. The van der Waals surface area contributed by atoms with Crippen LogP contribution in [0.15, 0.2) is 45.3 Å². The first kappa shape index (κ1) is 23.6. The average Bonchev–Trinajstić information content (AvgIpc) is 2.62. The highest BCUT2D eigenvalue weighted by Crippen LogP contribution is 2.28. The molecule has 0 bridgehead atoms. The monoisotopic (exact) mass is 528 g/mol. The Labute approximate surface area is 188 Å². The van der Waals surface area contributed by atoms with Gasteiger partial charge in [-0.15, -0.1) is 0 Å². The van der Waals surface area contributed by atoms with Gasteiger partial charge < -0.3 is 19.5 Å². The van der Waals surface area contributed by atoms with Crippen LogP contribution >= 0.6 is 31.9 Å². The standard InChI is InChI=1S/C21H26Br2N2O4/c1-14-17(22)10-18(23)19(24-14)28-13-16(25-20(26)29-21(2,3)4)12-27-11-15-8-6-5-7-9-15/h5-10,16H,11-13H2,1-4H3,(H,25,26)/t16-/m0/s1. The fourth-order valence-corrected chi connectivity index (χ4v) is 3.37. The van der Waals surface area contributed by atoms with Crippen molar-refractivity contribution in [2.45, 2.75) is 45.9 Å². The van der Waals surface area contributed by atoms with E-state index >= 15 is 0 Å². The summed E-state index contributed by atoms with van der Waals surface area (Å²) in [6, 6.07) is 11.3. The van der Waals surface area contributed by atoms with Gasteiger partial charge >= 0.3 is 6.09 Å². The molecular weight excluding hydrogens is 504 g/mol. The van der Waals surface area contributed by atoms with E-state index < -0.39 is 17.7 Å². The van der Waals surface area contributed by atoms with E-state index in [2.05, 4.69) is 42.2 Å². The second-order valence-electron chi connectivity index (χ2n) is 7.50. The van der Waals surface area contributed by atoms with E-state index in [9.17, 15) is 4.79 Å². The molecule has 1 aromatic carbocycles. The topological polar surface area (TPSA) is 69.7 Å². The number of aryl methyl sites for hydroxylation is 1. The van der Waals surface area contributed by atoms with Gasteiger partial charge in [-0.1, -0.05) is 30.3 Å². The SMILES string of the molecule is Cc1nc(OC[C@H](COCc2ccccc2)NC(=O)OC(C)(C)C)c(Br)cc1Br. The zero-order valence-electron chi connectivity index (χ0n) is 17.0. The van der Waals surface area contributed by atoms with Crippen LogP contribution in [0.25, 0.3) is 0 Å². The summed E-state index contributed by atoms with van der Waals surface area (Å²) < 4.78 is 18.6. The summed E-state index contributed by atoms with van der Waals surface area (Å²) in [5.74, 6) is 0.449. The van der Waals surface area contributed by atoms with Crippen LogP contribution in [0.4, 0.5) is 4.79 Å². The summed E-state index contributed by atoms with van der Waals surface area (Å²) in [5, 5.41) is 2.81. The fourth-order valence-electron chi connectivity index (χ4n) is 2.32. The molecule has 1 N–H and O–H groups in total. The highest BCUT2D eigenvalue weighted by molar-refractivity contribution is 9.11. The predicted molar refractivity (Wildman–Crippen MR) is 119 cm³/mol. The van der Waals surface area contributed by atoms with Crippen LogP contribution in [-0.4, -0.2) is 35.9 Å². The molecular formula is C21H26Br2N2O4. The number of amides is 1. The number of ether oxygens (including phenoxy) is 3. The van der Waals surface area contributed by atoms with Crippen molar-refractivity contribution in [3.05, 3.63) is 56.6 Å². The number of rotatable bonds is 8. The minimum absolute atomic E-state index is 0.181. The van der Waals surface area contributed by atoms with Gasteiger partial charge in [0, 0.05) is 4.47 Å². The lowest BCUT2D eigenvalue weighted by Gasteiger charge is -2.24. The molecule has 0 fully saturated rings. The number of aromatic nitrogens is 1. The number of benzene rings is 1. The average molecular weight is 530 g/mol. The summed E-state index contributed by atoms with van der Waals surface area (Å²) in [5.41, 5.74) is 1.27. The number of hydrogen-bond donors (Lipinski definition) is 1. The zero-order chi connectivity index (χ0) is 21.4. The van der Waals surface area contributed by atoms with Crippen LogP contribution in [0.2, 0.25) is 0 Å². The predicted octanol–water partition coefficient (Wildman–Crippen LogP) is 5.40. The van der Waals surface area contributed by atoms with Crippen LogP contribution in [0.3, 0.4) is 0 Å². The van der Waals surface area contributed by atoms with Crippen LogP contribution in [-0.2, 0) is 16.1 Å². The number of nitrogens with zero attached hydrogens (tertiary/aromatic N) is 1. The van der Waals surface area contributed by atoms with Crippen molar-refractivity contribution >= 4 is 38.0 Å². The number of nitrogens with one attached hydrogen (secondary N) is 1. The Morgan fingerprint density at radius 2 is 1.83 bits per heavy atom. The minimum atomic E-state index is -0.589. The quantitative estimate of drug-likeness (QED) is 0.495. The maximum atomic E-state index is 12.2. The third kappa shape index (κ3) is 8.72. The van der Waals surface area contributed by atoms with Gasteiger partial charge in [-0.3, -0.25) is 0 Å². The Kier molecular flexibility index (Phi) is 8.92. The zero-order valence-corrected chi connectivity index (χ0v) is 20.2. The Hall–Kier alpha value is -1.64. The van der Waals surface area contributed by atoms with E-state index in [1.165, 1.54) is 0 Å². The van der Waals surface area contributed by atoms with Crippen LogP contribution in [0, 0.1) is 6.92 Å². The molecule has 0 saturated carbocycles. The van der Waals surface area contributed by atoms with E-state index in [0.29, 0.717) is 12.5 Å². The summed E-state index contributed by atoms with van der Waals surface area (Å²) in [6.45, 7) is 8.21. The van der Waals surface area contributed by atoms with Crippen LogP contribution in [0.1, 0.15) is 32.0 Å². The van der Waals surface area contributed by atoms with Gasteiger partial charge in [-0.25, -0.2) is 9.78 Å². The third-order valence-corrected chi connectivity index (χ3v) is 5.02. The van der Waals surface area contributed by atoms with E-state index in [1.54, 1.807) is 0 Å². The first-order valence-corrected chi connectivity index (χ1v) is 10.8. The first-order chi connectivity index (χ1) is 13.6. The van der Waals surface area contributed by atoms with Crippen molar-refractivity contribution in [3.63, 3.8) is 0 Å². The van der Waals surface area contributed by atoms with Gasteiger partial charge in [0.05, 0.1) is 29.4 Å². The van der Waals surface area contributed by atoms with Crippen molar-refractivity contribution in [3.8, 4) is 5.88 Å².